The van der Waals surface area contributed by atoms with Crippen LogP contribution in [-0.4, -0.2) is 0 Å². The zero-order chi connectivity index (χ0) is 38.4. The summed E-state index contributed by atoms with van der Waals surface area (Å²) in [6, 6.07) is 81.4. The Kier molecular flexibility index (Phi) is 17.3. The maximum absolute atomic E-state index is 6.97. The van der Waals surface area contributed by atoms with Crippen molar-refractivity contribution in [2.75, 3.05) is 0 Å². The van der Waals surface area contributed by atoms with Crippen molar-refractivity contribution >= 4 is 69.2 Å². The quantitative estimate of drug-likeness (QED) is 0.0674. The molecule has 0 unspecified atom stereocenters. The number of hydrogen-bond donors (Lipinski definition) is 0. The molecule has 0 aliphatic carbocycles. The summed E-state index contributed by atoms with van der Waals surface area (Å²) in [6.07, 6.45) is 13.9. The summed E-state index contributed by atoms with van der Waals surface area (Å²) in [5.74, 6) is 4.74. The van der Waals surface area contributed by atoms with Gasteiger partial charge in [-0.3, -0.25) is 11.8 Å². The normalized spacial score (nSPS) is 10.1. The summed E-state index contributed by atoms with van der Waals surface area (Å²) in [5, 5.41) is 13.4. The van der Waals surface area contributed by atoms with E-state index in [1.807, 2.05) is 72.8 Å². The minimum absolute atomic E-state index is 0. The van der Waals surface area contributed by atoms with Gasteiger partial charge in [0.1, 0.15) is 47.7 Å². The summed E-state index contributed by atoms with van der Waals surface area (Å²) in [6.45, 7) is 0. The van der Waals surface area contributed by atoms with E-state index in [9.17, 15) is 0 Å². The molecule has 0 amide bonds. The van der Waals surface area contributed by atoms with Crippen LogP contribution in [0.5, 0.6) is 0 Å². The van der Waals surface area contributed by atoms with Gasteiger partial charge in [0.2, 0.25) is 0 Å². The van der Waals surface area contributed by atoms with E-state index >= 15 is 0 Å². The topological polar surface area (TPSA) is 0 Å². The molecule has 0 spiro atoms. The number of benzene rings is 9. The first-order chi connectivity index (χ1) is 27.7. The molecule has 0 radical (unpaired) electrons. The van der Waals surface area contributed by atoms with Crippen molar-refractivity contribution in [1.29, 1.82) is 0 Å². The van der Waals surface area contributed by atoms with Crippen LogP contribution in [0.1, 0.15) is 11.1 Å². The largest absolute Gasteiger partial charge is 1.00 e. The third-order valence-electron chi connectivity index (χ3n) is 9.50. The second-order valence-electron chi connectivity index (χ2n) is 13.1. The van der Waals surface area contributed by atoms with Crippen molar-refractivity contribution in [3.8, 4) is 11.8 Å². The molecule has 0 saturated carbocycles. The van der Waals surface area contributed by atoms with Crippen molar-refractivity contribution in [1.82, 2.24) is 0 Å². The maximum Gasteiger partial charge on any atom is 1.00 e. The summed E-state index contributed by atoms with van der Waals surface area (Å²) in [4.78, 5) is 0. The van der Waals surface area contributed by atoms with Gasteiger partial charge in [-0.05, 0) is 82.2 Å². The summed E-state index contributed by atoms with van der Waals surface area (Å²) < 4.78 is 0. The van der Waals surface area contributed by atoms with E-state index in [-0.39, 0.29) is 44.8 Å². The minimum Gasteiger partial charge on any atom is -0.366 e. The van der Waals surface area contributed by atoms with E-state index < -0.39 is 15.8 Å². The second kappa shape index (κ2) is 22.8. The van der Waals surface area contributed by atoms with E-state index in [0.29, 0.717) is 0 Å². The van der Waals surface area contributed by atoms with Crippen molar-refractivity contribution in [2.45, 2.75) is 0 Å². The molecule has 0 atom stereocenters. The third-order valence-corrected chi connectivity index (χ3v) is 15.3. The molecule has 0 aromatic heterocycles. The standard InChI is InChI=1S/C30H24P2.2C12H7.2Ag/c1-5-15-25(16-6-1)31(26-17-7-2-8-18-26)29-23-13-14-24-30(29)32(27-19-9-3-10-20-27)28-21-11-4-12-22-28;2*1-2-10-7-8-11-5-3-4-6-12(11)9-10;;/h1-24H;2*3-9H;;/q;2*-1;2*+1/p+2. The van der Waals surface area contributed by atoms with Gasteiger partial charge in [-0.25, -0.2) is 0 Å². The Hall–Kier alpha value is -5.04. The monoisotopic (exact) mass is 964 g/mol. The number of hydrogen-bond acceptors (Lipinski definition) is 0. The zero-order valence-corrected chi connectivity index (χ0v) is 36.5. The van der Waals surface area contributed by atoms with Gasteiger partial charge in [-0.15, -0.1) is 35.4 Å². The maximum atomic E-state index is 6.97. The zero-order valence-electron chi connectivity index (χ0n) is 31.5. The Labute approximate surface area is 377 Å². The molecular weight excluding hydrogens is 926 g/mol. The van der Waals surface area contributed by atoms with Gasteiger partial charge < -0.3 is 12.8 Å². The molecule has 0 nitrogen and oxygen atoms in total. The smallest absolute Gasteiger partial charge is 0.366 e. The van der Waals surface area contributed by atoms with E-state index in [1.54, 1.807) is 0 Å². The summed E-state index contributed by atoms with van der Waals surface area (Å²) >= 11 is 0. The Bertz CT molecular complexity index is 2450. The predicted octanol–water partition coefficient (Wildman–Crippen LogP) is 10.2. The SMILES string of the molecule is [Ag+].[Ag+].[C-]#Cc1ccc2ccccc2c1.[C-]#Cc1ccc2ccccc2c1.c1ccc([PH+](c2ccccc2)c2ccccc2[PH+](c2ccccc2)c2ccccc2)cc1. The fourth-order valence-corrected chi connectivity index (χ4v) is 12.8. The van der Waals surface area contributed by atoms with Crippen LogP contribution in [0.3, 0.4) is 0 Å². The van der Waals surface area contributed by atoms with Crippen LogP contribution in [0.4, 0.5) is 0 Å². The van der Waals surface area contributed by atoms with Gasteiger partial charge in [0.05, 0.1) is 0 Å². The fraction of sp³-hybridized carbons (Fsp3) is 0. The van der Waals surface area contributed by atoms with Crippen molar-refractivity contribution in [3.63, 3.8) is 0 Å². The molecule has 0 bridgehead atoms. The Morgan fingerprint density at radius 1 is 0.276 bits per heavy atom. The first-order valence-corrected chi connectivity index (χ1v) is 21.6. The molecule has 0 aliphatic rings. The van der Waals surface area contributed by atoms with Crippen LogP contribution in [-0.2, 0) is 44.8 Å². The summed E-state index contributed by atoms with van der Waals surface area (Å²) in [5.41, 5.74) is 1.66. The first-order valence-electron chi connectivity index (χ1n) is 18.6. The number of fused-ring (bicyclic) bond motifs is 2. The van der Waals surface area contributed by atoms with Crippen molar-refractivity contribution in [3.05, 3.63) is 254 Å². The third kappa shape index (κ3) is 11.3. The van der Waals surface area contributed by atoms with Crippen molar-refractivity contribution < 1.29 is 44.8 Å². The van der Waals surface area contributed by atoms with Crippen LogP contribution < -0.4 is 31.8 Å². The summed E-state index contributed by atoms with van der Waals surface area (Å²) in [7, 11) is -2.28. The van der Waals surface area contributed by atoms with E-state index in [1.165, 1.54) is 42.6 Å². The van der Waals surface area contributed by atoms with E-state index in [0.717, 1.165) is 21.9 Å². The van der Waals surface area contributed by atoms with Gasteiger partial charge in [-0.1, -0.05) is 146 Å². The van der Waals surface area contributed by atoms with Gasteiger partial charge >= 0.3 is 44.8 Å². The van der Waals surface area contributed by atoms with E-state index in [4.69, 9.17) is 12.8 Å². The molecule has 58 heavy (non-hydrogen) atoms. The van der Waals surface area contributed by atoms with Crippen LogP contribution in [0.15, 0.2) is 231 Å². The van der Waals surface area contributed by atoms with Gasteiger partial charge in [0, 0.05) is 0 Å². The van der Waals surface area contributed by atoms with Gasteiger partial charge in [0.25, 0.3) is 0 Å². The molecule has 9 rings (SSSR count). The molecule has 286 valence electrons. The first kappa shape index (κ1) is 44.1. The molecule has 9 aromatic carbocycles. The van der Waals surface area contributed by atoms with Crippen LogP contribution >= 0.6 is 15.8 Å². The van der Waals surface area contributed by atoms with Crippen LogP contribution in [0.25, 0.3) is 21.5 Å². The Balaban J connectivity index is 0.000000201. The fourth-order valence-electron chi connectivity index (χ4n) is 6.83. The predicted molar refractivity (Wildman–Crippen MR) is 247 cm³/mol. The molecule has 9 aromatic rings. The average Bonchev–Trinajstić information content (AvgIpc) is 3.28. The van der Waals surface area contributed by atoms with E-state index in [2.05, 4.69) is 170 Å². The van der Waals surface area contributed by atoms with Crippen LogP contribution in [0, 0.1) is 24.7 Å². The molecule has 4 heteroatoms. The number of rotatable bonds is 6. The second-order valence-corrected chi connectivity index (χ2v) is 18.0. The van der Waals surface area contributed by atoms with Gasteiger partial charge in [-0.2, -0.15) is 0 Å². The van der Waals surface area contributed by atoms with Gasteiger partial charge in [0.15, 0.2) is 0 Å². The molecule has 0 heterocycles. The molecule has 0 fully saturated rings. The average molecular weight is 967 g/mol. The molecule has 0 saturated heterocycles. The molecule has 0 aliphatic heterocycles. The van der Waals surface area contributed by atoms with Crippen molar-refractivity contribution in [2.24, 2.45) is 0 Å². The molecule has 0 N–H and O–H groups in total. The minimum atomic E-state index is -1.14. The molecular formula is C54H40Ag2P2+2. The Morgan fingerprint density at radius 3 is 0.828 bits per heavy atom. The van der Waals surface area contributed by atoms with Crippen LogP contribution in [0.2, 0.25) is 0 Å². The Morgan fingerprint density at radius 2 is 0.534 bits per heavy atom.